The summed E-state index contributed by atoms with van der Waals surface area (Å²) in [6.45, 7) is 7.07. The van der Waals surface area contributed by atoms with E-state index in [0.717, 1.165) is 23.4 Å². The molecule has 0 amide bonds. The molecule has 1 aliphatic carbocycles. The van der Waals surface area contributed by atoms with Crippen molar-refractivity contribution >= 4 is 22.5 Å². The van der Waals surface area contributed by atoms with Crippen molar-refractivity contribution in [1.29, 1.82) is 0 Å². The zero-order valence-electron chi connectivity index (χ0n) is 15.5. The summed E-state index contributed by atoms with van der Waals surface area (Å²) in [5.74, 6) is 0.681. The molecule has 1 unspecified atom stereocenters. The first kappa shape index (κ1) is 19.2. The van der Waals surface area contributed by atoms with Crippen molar-refractivity contribution in [3.05, 3.63) is 64.8 Å². The topological polar surface area (TPSA) is 12.9 Å². The molecule has 0 saturated heterocycles. The summed E-state index contributed by atoms with van der Waals surface area (Å²) in [4.78, 5) is 5.00. The van der Waals surface area contributed by atoms with Gasteiger partial charge in [-0.2, -0.15) is 0 Å². The van der Waals surface area contributed by atoms with E-state index in [-0.39, 0.29) is 12.4 Å². The molecule has 0 fully saturated rings. The van der Waals surface area contributed by atoms with Crippen molar-refractivity contribution in [2.75, 3.05) is 0 Å². The second-order valence-electron chi connectivity index (χ2n) is 8.25. The highest BCUT2D eigenvalue weighted by atomic mass is 35.5. The van der Waals surface area contributed by atoms with E-state index in [2.05, 4.69) is 63.2 Å². The van der Waals surface area contributed by atoms with Crippen molar-refractivity contribution < 1.29 is 12.4 Å². The van der Waals surface area contributed by atoms with Gasteiger partial charge in [-0.1, -0.05) is 62.7 Å². The number of fused-ring (bicyclic) bond motifs is 2. The van der Waals surface area contributed by atoms with Crippen LogP contribution in [0.4, 0.5) is 0 Å². The molecule has 0 spiro atoms. The maximum absolute atomic E-state index is 6.33. The Morgan fingerprint density at radius 3 is 2.46 bits per heavy atom. The molecule has 1 atom stereocenters. The summed E-state index contributed by atoms with van der Waals surface area (Å²) in [6, 6.07) is 16.8. The van der Waals surface area contributed by atoms with Crippen LogP contribution in [0.1, 0.15) is 38.4 Å². The maximum atomic E-state index is 6.33. The van der Waals surface area contributed by atoms with Gasteiger partial charge in [0, 0.05) is 16.1 Å². The first-order chi connectivity index (χ1) is 11.9. The Labute approximate surface area is 167 Å². The van der Waals surface area contributed by atoms with E-state index in [1.54, 1.807) is 0 Å². The molecular formula is C23H24Cl2N-. The number of hydrogen-bond acceptors (Lipinski definition) is 1. The van der Waals surface area contributed by atoms with Gasteiger partial charge in [0.15, 0.2) is 0 Å². The summed E-state index contributed by atoms with van der Waals surface area (Å²) >= 11 is 6.33. The fourth-order valence-corrected chi connectivity index (χ4v) is 4.26. The zero-order chi connectivity index (χ0) is 17.6. The van der Waals surface area contributed by atoms with E-state index < -0.39 is 0 Å². The first-order valence-electron chi connectivity index (χ1n) is 9.10. The second kappa shape index (κ2) is 7.21. The lowest BCUT2D eigenvalue weighted by atomic mass is 9.70. The Morgan fingerprint density at radius 2 is 1.77 bits per heavy atom. The van der Waals surface area contributed by atoms with Crippen LogP contribution in [-0.4, -0.2) is 4.98 Å². The van der Waals surface area contributed by atoms with Crippen molar-refractivity contribution in [1.82, 2.24) is 4.98 Å². The van der Waals surface area contributed by atoms with Gasteiger partial charge < -0.3 is 12.4 Å². The van der Waals surface area contributed by atoms with Gasteiger partial charge in [0.25, 0.3) is 0 Å². The van der Waals surface area contributed by atoms with E-state index >= 15 is 0 Å². The summed E-state index contributed by atoms with van der Waals surface area (Å²) < 4.78 is 0. The van der Waals surface area contributed by atoms with Crippen LogP contribution in [0.15, 0.2) is 48.5 Å². The summed E-state index contributed by atoms with van der Waals surface area (Å²) in [6.07, 6.45) is 3.38. The van der Waals surface area contributed by atoms with Crippen LogP contribution in [-0.2, 0) is 12.8 Å². The minimum atomic E-state index is 0. The lowest BCUT2D eigenvalue weighted by molar-refractivity contribution is -0.00000560. The third-order valence-electron chi connectivity index (χ3n) is 5.60. The van der Waals surface area contributed by atoms with Gasteiger partial charge in [0.2, 0.25) is 0 Å². The second-order valence-corrected chi connectivity index (χ2v) is 8.68. The highest BCUT2D eigenvalue weighted by Gasteiger charge is 2.31. The number of hydrogen-bond donors (Lipinski definition) is 0. The molecule has 0 aliphatic heterocycles. The maximum Gasteiger partial charge on any atom is 0.0712 e. The Kier molecular flexibility index (Phi) is 5.33. The van der Waals surface area contributed by atoms with E-state index in [1.165, 1.54) is 34.2 Å². The van der Waals surface area contributed by atoms with Gasteiger partial charge in [0.1, 0.15) is 0 Å². The minimum Gasteiger partial charge on any atom is -1.00 e. The molecule has 3 heteroatoms. The lowest BCUT2D eigenvalue weighted by Crippen LogP contribution is -3.00. The third-order valence-corrected chi connectivity index (χ3v) is 5.84. The zero-order valence-corrected chi connectivity index (χ0v) is 17.0. The normalized spacial score (nSPS) is 16.8. The minimum absolute atomic E-state index is 0. The van der Waals surface area contributed by atoms with Gasteiger partial charge in [-0.3, -0.25) is 4.98 Å². The first-order valence-corrected chi connectivity index (χ1v) is 9.48. The fourth-order valence-electron chi connectivity index (χ4n) is 4.09. The Morgan fingerprint density at radius 1 is 1.04 bits per heavy atom. The average molecular weight is 385 g/mol. The van der Waals surface area contributed by atoms with Crippen LogP contribution in [0.2, 0.25) is 5.02 Å². The Bertz CT molecular complexity index is 926. The van der Waals surface area contributed by atoms with E-state index in [1.807, 2.05) is 6.07 Å². The highest BCUT2D eigenvalue weighted by molar-refractivity contribution is 6.31. The molecule has 2 aromatic carbocycles. The predicted octanol–water partition coefficient (Wildman–Crippen LogP) is 3.71. The van der Waals surface area contributed by atoms with Gasteiger partial charge in [-0.05, 0) is 65.5 Å². The number of halogens is 2. The van der Waals surface area contributed by atoms with Crippen molar-refractivity contribution in [2.24, 2.45) is 11.3 Å². The van der Waals surface area contributed by atoms with Gasteiger partial charge >= 0.3 is 0 Å². The van der Waals surface area contributed by atoms with Crippen molar-refractivity contribution in [3.63, 3.8) is 0 Å². The fraction of sp³-hybridized carbons (Fsp3) is 0.348. The monoisotopic (exact) mass is 384 g/mol. The standard InChI is InChI=1S/C23H24ClN.ClH/c1-23(2,3)16-9-11-20-18(13-16)22(15-7-5-4-6-8-15)19-14-17(24)10-12-21(19)25-20;/h4-8,10,12,14,16H,9,11,13H2,1-3H3;1H/p-1. The molecule has 1 aromatic heterocycles. The van der Waals surface area contributed by atoms with Crippen LogP contribution in [0, 0.1) is 11.3 Å². The van der Waals surface area contributed by atoms with Crippen LogP contribution >= 0.6 is 11.6 Å². The Balaban J connectivity index is 0.00000196. The van der Waals surface area contributed by atoms with Crippen LogP contribution in [0.5, 0.6) is 0 Å². The van der Waals surface area contributed by atoms with Crippen LogP contribution in [0.3, 0.4) is 0 Å². The van der Waals surface area contributed by atoms with Crippen LogP contribution < -0.4 is 12.4 Å². The molecule has 0 N–H and O–H groups in total. The highest BCUT2D eigenvalue weighted by Crippen LogP contribution is 2.42. The quantitative estimate of drug-likeness (QED) is 0.622. The van der Waals surface area contributed by atoms with Gasteiger partial charge in [-0.15, -0.1) is 0 Å². The van der Waals surface area contributed by atoms with Gasteiger partial charge in [0.05, 0.1) is 5.52 Å². The molecule has 0 bridgehead atoms. The molecule has 1 heterocycles. The number of pyridine rings is 1. The van der Waals surface area contributed by atoms with Gasteiger partial charge in [-0.25, -0.2) is 0 Å². The summed E-state index contributed by atoms with van der Waals surface area (Å²) in [7, 11) is 0. The number of aryl methyl sites for hydroxylation is 1. The van der Waals surface area contributed by atoms with E-state index in [9.17, 15) is 0 Å². The van der Waals surface area contributed by atoms with Crippen molar-refractivity contribution in [2.45, 2.75) is 40.0 Å². The third kappa shape index (κ3) is 3.48. The summed E-state index contributed by atoms with van der Waals surface area (Å²) in [5.41, 5.74) is 6.66. The molecular weight excluding hydrogens is 361 g/mol. The van der Waals surface area contributed by atoms with E-state index in [4.69, 9.17) is 16.6 Å². The summed E-state index contributed by atoms with van der Waals surface area (Å²) in [5, 5.41) is 1.95. The molecule has 0 saturated carbocycles. The molecule has 4 rings (SSSR count). The van der Waals surface area contributed by atoms with E-state index in [0.29, 0.717) is 11.3 Å². The largest absolute Gasteiger partial charge is 1.00 e. The molecule has 26 heavy (non-hydrogen) atoms. The number of benzene rings is 2. The SMILES string of the molecule is CC(C)(C)C1CCc2nc3ccc(Cl)cc3c(-c3ccccc3)c2C1.[Cl-]. The lowest BCUT2D eigenvalue weighted by Gasteiger charge is -2.35. The molecule has 1 nitrogen and oxygen atoms in total. The molecule has 136 valence electrons. The Hall–Kier alpha value is -1.57. The number of rotatable bonds is 1. The predicted molar refractivity (Wildman–Crippen MR) is 107 cm³/mol. The molecule has 0 radical (unpaired) electrons. The molecule has 3 aromatic rings. The van der Waals surface area contributed by atoms with Crippen LogP contribution in [0.25, 0.3) is 22.0 Å². The van der Waals surface area contributed by atoms with Crippen molar-refractivity contribution in [3.8, 4) is 11.1 Å². The molecule has 1 aliphatic rings. The average Bonchev–Trinajstić information content (AvgIpc) is 2.59. The number of aromatic nitrogens is 1. The number of nitrogens with zero attached hydrogens (tertiary/aromatic N) is 1. The smallest absolute Gasteiger partial charge is 0.0712 e.